The minimum atomic E-state index is 0.639. The van der Waals surface area contributed by atoms with Crippen LogP contribution in [0.25, 0.3) is 10.8 Å². The lowest BCUT2D eigenvalue weighted by Crippen LogP contribution is -2.37. The summed E-state index contributed by atoms with van der Waals surface area (Å²) < 4.78 is 0. The summed E-state index contributed by atoms with van der Waals surface area (Å²) in [5, 5.41) is 9.10. The van der Waals surface area contributed by atoms with Crippen LogP contribution in [0.5, 0.6) is 0 Å². The smallest absolute Gasteiger partial charge is 0.191 e. The third-order valence-corrected chi connectivity index (χ3v) is 4.43. The van der Waals surface area contributed by atoms with Crippen LogP contribution in [0.4, 0.5) is 0 Å². The van der Waals surface area contributed by atoms with Crippen LogP contribution in [0, 0.1) is 13.8 Å². The van der Waals surface area contributed by atoms with E-state index in [9.17, 15) is 0 Å². The van der Waals surface area contributed by atoms with Crippen LogP contribution in [-0.4, -0.2) is 17.5 Å². The van der Waals surface area contributed by atoms with Gasteiger partial charge < -0.3 is 10.6 Å². The number of pyridine rings is 1. The number of nitrogens with one attached hydrogen (secondary N) is 2. The highest BCUT2D eigenvalue weighted by atomic mass is 15.2. The van der Waals surface area contributed by atoms with E-state index in [1.807, 2.05) is 18.3 Å². The van der Waals surface area contributed by atoms with Crippen molar-refractivity contribution < 1.29 is 0 Å². The normalized spacial score (nSPS) is 11.6. The summed E-state index contributed by atoms with van der Waals surface area (Å²) in [6.45, 7) is 8.44. The van der Waals surface area contributed by atoms with Gasteiger partial charge in [0.25, 0.3) is 0 Å². The Kier molecular flexibility index (Phi) is 5.84. The largest absolute Gasteiger partial charge is 0.357 e. The molecule has 0 saturated heterocycles. The van der Waals surface area contributed by atoms with Crippen molar-refractivity contribution in [2.24, 2.45) is 4.99 Å². The lowest BCUT2D eigenvalue weighted by Gasteiger charge is -2.13. The number of nitrogens with zero attached hydrogens (tertiary/aromatic N) is 2. The van der Waals surface area contributed by atoms with E-state index in [2.05, 4.69) is 72.8 Å². The molecule has 0 aliphatic carbocycles. The average molecular weight is 346 g/mol. The molecule has 3 aromatic rings. The first-order valence-electron chi connectivity index (χ1n) is 9.08. The van der Waals surface area contributed by atoms with Crippen LogP contribution >= 0.6 is 0 Å². The fraction of sp³-hybridized carbons (Fsp3) is 0.273. The van der Waals surface area contributed by atoms with Gasteiger partial charge >= 0.3 is 0 Å². The molecule has 134 valence electrons. The molecule has 0 saturated carbocycles. The molecule has 1 aromatic heterocycles. The summed E-state index contributed by atoms with van der Waals surface area (Å²) >= 11 is 0. The summed E-state index contributed by atoms with van der Waals surface area (Å²) in [6, 6.07) is 16.9. The van der Waals surface area contributed by atoms with Crippen molar-refractivity contribution in [2.45, 2.75) is 33.9 Å². The van der Waals surface area contributed by atoms with Gasteiger partial charge in [-0.3, -0.25) is 4.98 Å². The molecule has 26 heavy (non-hydrogen) atoms. The van der Waals surface area contributed by atoms with E-state index < -0.39 is 0 Å². The quantitative estimate of drug-likeness (QED) is 0.540. The molecule has 0 bridgehead atoms. The van der Waals surface area contributed by atoms with Crippen molar-refractivity contribution in [3.05, 3.63) is 77.1 Å². The van der Waals surface area contributed by atoms with Crippen molar-refractivity contribution >= 4 is 16.7 Å². The number of rotatable bonds is 5. The number of benzene rings is 2. The SMILES string of the molecule is CCNC(=NCc1ccc(C)cc1C)NCc1nccc2ccccc12. The molecule has 2 aromatic carbocycles. The van der Waals surface area contributed by atoms with E-state index in [0.717, 1.165) is 18.2 Å². The highest BCUT2D eigenvalue weighted by molar-refractivity contribution is 5.85. The van der Waals surface area contributed by atoms with Gasteiger partial charge in [-0.25, -0.2) is 4.99 Å². The zero-order chi connectivity index (χ0) is 18.4. The van der Waals surface area contributed by atoms with Crippen molar-refractivity contribution in [1.82, 2.24) is 15.6 Å². The maximum atomic E-state index is 4.74. The minimum Gasteiger partial charge on any atom is -0.357 e. The lowest BCUT2D eigenvalue weighted by molar-refractivity contribution is 0.804. The Morgan fingerprint density at radius 1 is 1.04 bits per heavy atom. The fourth-order valence-electron chi connectivity index (χ4n) is 3.02. The van der Waals surface area contributed by atoms with E-state index in [1.165, 1.54) is 27.5 Å². The first kappa shape index (κ1) is 17.9. The van der Waals surface area contributed by atoms with Crippen LogP contribution in [0.2, 0.25) is 0 Å². The van der Waals surface area contributed by atoms with Crippen molar-refractivity contribution in [3.8, 4) is 0 Å². The van der Waals surface area contributed by atoms with Gasteiger partial charge in [0.1, 0.15) is 0 Å². The summed E-state index contributed by atoms with van der Waals surface area (Å²) in [5.41, 5.74) is 4.83. The fourth-order valence-corrected chi connectivity index (χ4v) is 3.02. The second-order valence-corrected chi connectivity index (χ2v) is 6.46. The number of aromatic nitrogens is 1. The van der Waals surface area contributed by atoms with Gasteiger partial charge in [-0.2, -0.15) is 0 Å². The van der Waals surface area contributed by atoms with Gasteiger partial charge in [-0.1, -0.05) is 48.0 Å². The Labute approximate surface area is 155 Å². The number of guanidine groups is 1. The Bertz CT molecular complexity index is 910. The van der Waals surface area contributed by atoms with Gasteiger partial charge in [-0.05, 0) is 43.4 Å². The number of hydrogen-bond acceptors (Lipinski definition) is 2. The topological polar surface area (TPSA) is 49.3 Å². The molecule has 0 aliphatic heterocycles. The van der Waals surface area contributed by atoms with Gasteiger partial charge in [-0.15, -0.1) is 0 Å². The van der Waals surface area contributed by atoms with Crippen molar-refractivity contribution in [3.63, 3.8) is 0 Å². The number of aliphatic imine (C=N–C) groups is 1. The number of fused-ring (bicyclic) bond motifs is 1. The van der Waals surface area contributed by atoms with Crippen LogP contribution in [0.1, 0.15) is 29.3 Å². The predicted octanol–water partition coefficient (Wildman–Crippen LogP) is 4.11. The summed E-state index contributed by atoms with van der Waals surface area (Å²) in [7, 11) is 0. The van der Waals surface area contributed by atoms with Crippen LogP contribution in [0.3, 0.4) is 0 Å². The molecule has 0 aliphatic rings. The van der Waals surface area contributed by atoms with E-state index in [-0.39, 0.29) is 0 Å². The summed E-state index contributed by atoms with van der Waals surface area (Å²) in [4.78, 5) is 9.27. The van der Waals surface area contributed by atoms with E-state index in [4.69, 9.17) is 4.99 Å². The molecular formula is C22H26N4. The van der Waals surface area contributed by atoms with Crippen LogP contribution in [0.15, 0.2) is 59.7 Å². The molecule has 0 unspecified atom stereocenters. The lowest BCUT2D eigenvalue weighted by atomic mass is 10.1. The molecular weight excluding hydrogens is 320 g/mol. The maximum absolute atomic E-state index is 4.74. The third kappa shape index (κ3) is 4.39. The maximum Gasteiger partial charge on any atom is 0.191 e. The highest BCUT2D eigenvalue weighted by Crippen LogP contribution is 2.16. The Balaban J connectivity index is 1.73. The highest BCUT2D eigenvalue weighted by Gasteiger charge is 2.04. The molecule has 0 amide bonds. The number of hydrogen-bond donors (Lipinski definition) is 2. The Hall–Kier alpha value is -2.88. The molecule has 0 atom stereocenters. The van der Waals surface area contributed by atoms with Gasteiger partial charge in [0.15, 0.2) is 5.96 Å². The molecule has 2 N–H and O–H groups in total. The third-order valence-electron chi connectivity index (χ3n) is 4.43. The van der Waals surface area contributed by atoms with E-state index in [1.54, 1.807) is 0 Å². The zero-order valence-corrected chi connectivity index (χ0v) is 15.7. The van der Waals surface area contributed by atoms with Crippen molar-refractivity contribution in [1.29, 1.82) is 0 Å². The van der Waals surface area contributed by atoms with Gasteiger partial charge in [0.05, 0.1) is 18.8 Å². The van der Waals surface area contributed by atoms with Crippen LogP contribution < -0.4 is 10.6 Å². The predicted molar refractivity (Wildman–Crippen MR) is 109 cm³/mol. The molecule has 4 nitrogen and oxygen atoms in total. The van der Waals surface area contributed by atoms with Crippen molar-refractivity contribution in [2.75, 3.05) is 6.54 Å². The molecule has 0 radical (unpaired) electrons. The number of aryl methyl sites for hydroxylation is 2. The molecule has 0 spiro atoms. The second kappa shape index (κ2) is 8.48. The van der Waals surface area contributed by atoms with E-state index >= 15 is 0 Å². The summed E-state index contributed by atoms with van der Waals surface area (Å²) in [6.07, 6.45) is 1.86. The minimum absolute atomic E-state index is 0.639. The standard InChI is InChI=1S/C22H26N4/c1-4-23-22(25-14-19-10-9-16(2)13-17(19)3)26-15-21-20-8-6-5-7-18(20)11-12-24-21/h5-13H,4,14-15H2,1-3H3,(H2,23,25,26). The molecule has 4 heteroatoms. The van der Waals surface area contributed by atoms with E-state index in [0.29, 0.717) is 13.1 Å². The molecule has 3 rings (SSSR count). The molecule has 1 heterocycles. The average Bonchev–Trinajstić information content (AvgIpc) is 2.65. The monoisotopic (exact) mass is 346 g/mol. The van der Waals surface area contributed by atoms with Gasteiger partial charge in [0.2, 0.25) is 0 Å². The zero-order valence-electron chi connectivity index (χ0n) is 15.7. The van der Waals surface area contributed by atoms with Gasteiger partial charge in [0, 0.05) is 18.1 Å². The Morgan fingerprint density at radius 3 is 2.69 bits per heavy atom. The second-order valence-electron chi connectivity index (χ2n) is 6.46. The molecule has 0 fully saturated rings. The first-order valence-corrected chi connectivity index (χ1v) is 9.08. The summed E-state index contributed by atoms with van der Waals surface area (Å²) in [5.74, 6) is 0.808. The Morgan fingerprint density at radius 2 is 1.88 bits per heavy atom. The van der Waals surface area contributed by atoms with Crippen LogP contribution in [-0.2, 0) is 13.1 Å². The first-order chi connectivity index (χ1) is 12.7.